The Labute approximate surface area is 133 Å². The van der Waals surface area contributed by atoms with Crippen LogP contribution in [-0.4, -0.2) is 17.6 Å². The van der Waals surface area contributed by atoms with Gasteiger partial charge in [-0.25, -0.2) is 9.78 Å². The third-order valence-corrected chi connectivity index (χ3v) is 3.97. The van der Waals surface area contributed by atoms with E-state index in [-0.39, 0.29) is 5.97 Å². The number of carbonyl (C=O) groups is 1. The van der Waals surface area contributed by atoms with Crippen LogP contribution in [0.3, 0.4) is 0 Å². The van der Waals surface area contributed by atoms with E-state index in [0.29, 0.717) is 23.2 Å². The van der Waals surface area contributed by atoms with Crippen LogP contribution in [0.15, 0.2) is 30.5 Å². The predicted octanol–water partition coefficient (Wildman–Crippen LogP) is 4.37. The summed E-state index contributed by atoms with van der Waals surface area (Å²) in [6, 6.07) is 7.32. The monoisotopic (exact) mass is 324 g/mol. The number of carbonyl (C=O) groups excluding carboxylic acids is 1. The Balaban J connectivity index is 2.00. The second-order valence-corrected chi connectivity index (χ2v) is 6.17. The number of halogens is 1. The summed E-state index contributed by atoms with van der Waals surface area (Å²) >= 11 is 7.21. The van der Waals surface area contributed by atoms with Gasteiger partial charge in [-0.2, -0.15) is 0 Å². The Bertz CT molecular complexity index is 601. The molecule has 0 bridgehead atoms. The summed E-state index contributed by atoms with van der Waals surface area (Å²) in [5.74, 6) is -0.297. The molecule has 0 aliphatic heterocycles. The van der Waals surface area contributed by atoms with Crippen LogP contribution in [-0.2, 0) is 11.3 Å². The van der Waals surface area contributed by atoms with Gasteiger partial charge in [0.2, 0.25) is 0 Å². The Morgan fingerprint density at radius 1 is 1.43 bits per heavy atom. The fourth-order valence-electron chi connectivity index (χ4n) is 1.75. The van der Waals surface area contributed by atoms with Crippen molar-refractivity contribution in [3.05, 3.63) is 45.4 Å². The smallest absolute Gasteiger partial charge is 0.340 e. The van der Waals surface area contributed by atoms with Crippen LogP contribution in [0.4, 0.5) is 5.69 Å². The highest BCUT2D eigenvalue weighted by atomic mass is 35.5. The Morgan fingerprint density at radius 2 is 2.24 bits per heavy atom. The van der Waals surface area contributed by atoms with Crippen molar-refractivity contribution in [3.8, 4) is 0 Å². The van der Waals surface area contributed by atoms with Gasteiger partial charge in [0, 0.05) is 16.8 Å². The van der Waals surface area contributed by atoms with E-state index < -0.39 is 0 Å². The van der Waals surface area contributed by atoms with Crippen molar-refractivity contribution in [2.24, 2.45) is 0 Å². The van der Waals surface area contributed by atoms with E-state index in [4.69, 9.17) is 16.3 Å². The average molecular weight is 325 g/mol. The molecule has 0 unspecified atom stereocenters. The predicted molar refractivity (Wildman–Crippen MR) is 86.1 cm³/mol. The van der Waals surface area contributed by atoms with Crippen LogP contribution >= 0.6 is 22.9 Å². The Kier molecular flexibility index (Phi) is 6.02. The van der Waals surface area contributed by atoms with Crippen LogP contribution < -0.4 is 5.32 Å². The molecule has 0 aliphatic carbocycles. The topological polar surface area (TPSA) is 51.2 Å². The molecule has 1 aromatic heterocycles. The molecule has 112 valence electrons. The van der Waals surface area contributed by atoms with E-state index in [1.165, 1.54) is 11.3 Å². The van der Waals surface area contributed by atoms with Crippen LogP contribution in [0.25, 0.3) is 0 Å². The highest BCUT2D eigenvalue weighted by Gasteiger charge is 2.12. The number of hydrogen-bond donors (Lipinski definition) is 1. The number of rotatable bonds is 7. The molecule has 0 amide bonds. The quantitative estimate of drug-likeness (QED) is 0.607. The Morgan fingerprint density at radius 3 is 2.95 bits per heavy atom. The van der Waals surface area contributed by atoms with Gasteiger partial charge in [0.25, 0.3) is 0 Å². The van der Waals surface area contributed by atoms with E-state index in [2.05, 4.69) is 17.2 Å². The van der Waals surface area contributed by atoms with Crippen molar-refractivity contribution >= 4 is 34.6 Å². The highest BCUT2D eigenvalue weighted by molar-refractivity contribution is 7.15. The number of para-hydroxylation sites is 1. The van der Waals surface area contributed by atoms with Gasteiger partial charge in [0.15, 0.2) is 4.47 Å². The summed E-state index contributed by atoms with van der Waals surface area (Å²) in [7, 11) is 0. The molecule has 2 aromatic rings. The summed E-state index contributed by atoms with van der Waals surface area (Å²) in [6.45, 7) is 3.08. The standard InChI is InChI=1S/C15H17ClN2O2S/c1-2-3-8-20-14(19)12-6-4-5-7-13(12)17-9-11-10-18-15(16)21-11/h4-7,10,17H,2-3,8-9H2,1H3. The summed E-state index contributed by atoms with van der Waals surface area (Å²) in [5.41, 5.74) is 1.30. The van der Waals surface area contributed by atoms with E-state index in [0.717, 1.165) is 23.4 Å². The number of ether oxygens (including phenoxy) is 1. The number of nitrogens with one attached hydrogen (secondary N) is 1. The molecule has 0 saturated carbocycles. The van der Waals surface area contributed by atoms with E-state index in [1.54, 1.807) is 12.3 Å². The number of unbranched alkanes of at least 4 members (excludes halogenated alkanes) is 1. The van der Waals surface area contributed by atoms with Crippen LogP contribution in [0.1, 0.15) is 35.0 Å². The maximum absolute atomic E-state index is 12.1. The maximum atomic E-state index is 12.1. The summed E-state index contributed by atoms with van der Waals surface area (Å²) in [6.07, 6.45) is 3.60. The first-order valence-electron chi connectivity index (χ1n) is 6.81. The molecule has 0 spiro atoms. The molecule has 1 N–H and O–H groups in total. The molecule has 4 nitrogen and oxygen atoms in total. The lowest BCUT2D eigenvalue weighted by Gasteiger charge is -2.10. The number of aromatic nitrogens is 1. The second-order valence-electron chi connectivity index (χ2n) is 4.47. The maximum Gasteiger partial charge on any atom is 0.340 e. The number of nitrogens with zero attached hydrogens (tertiary/aromatic N) is 1. The molecule has 0 fully saturated rings. The normalized spacial score (nSPS) is 10.4. The summed E-state index contributed by atoms with van der Waals surface area (Å²) in [5, 5.41) is 3.23. The molecule has 0 aliphatic rings. The lowest BCUT2D eigenvalue weighted by Crippen LogP contribution is -2.10. The molecule has 2 rings (SSSR count). The minimum absolute atomic E-state index is 0.297. The average Bonchev–Trinajstić information content (AvgIpc) is 2.91. The van der Waals surface area contributed by atoms with E-state index >= 15 is 0 Å². The molecule has 6 heteroatoms. The summed E-state index contributed by atoms with van der Waals surface area (Å²) < 4.78 is 5.77. The van der Waals surface area contributed by atoms with Gasteiger partial charge in [0.1, 0.15) is 0 Å². The van der Waals surface area contributed by atoms with Gasteiger partial charge in [-0.3, -0.25) is 0 Å². The lowest BCUT2D eigenvalue weighted by atomic mass is 10.2. The lowest BCUT2D eigenvalue weighted by molar-refractivity contribution is 0.0501. The number of anilines is 1. The van der Waals surface area contributed by atoms with E-state index in [9.17, 15) is 4.79 Å². The zero-order valence-corrected chi connectivity index (χ0v) is 13.3. The van der Waals surface area contributed by atoms with Crippen LogP contribution in [0.5, 0.6) is 0 Å². The number of benzene rings is 1. The van der Waals surface area contributed by atoms with Crippen molar-refractivity contribution in [1.82, 2.24) is 4.98 Å². The molecule has 0 radical (unpaired) electrons. The third kappa shape index (κ3) is 4.72. The minimum atomic E-state index is -0.297. The first-order chi connectivity index (χ1) is 10.2. The SMILES string of the molecule is CCCCOC(=O)c1ccccc1NCc1cnc(Cl)s1. The van der Waals surface area contributed by atoms with Crippen molar-refractivity contribution < 1.29 is 9.53 Å². The van der Waals surface area contributed by atoms with Crippen molar-refractivity contribution in [2.75, 3.05) is 11.9 Å². The molecule has 21 heavy (non-hydrogen) atoms. The Hall–Kier alpha value is -1.59. The third-order valence-electron chi connectivity index (χ3n) is 2.86. The van der Waals surface area contributed by atoms with Gasteiger partial charge in [-0.1, -0.05) is 37.1 Å². The summed E-state index contributed by atoms with van der Waals surface area (Å²) in [4.78, 5) is 17.1. The van der Waals surface area contributed by atoms with Gasteiger partial charge < -0.3 is 10.1 Å². The first-order valence-corrected chi connectivity index (χ1v) is 8.00. The molecule has 0 saturated heterocycles. The highest BCUT2D eigenvalue weighted by Crippen LogP contribution is 2.21. The van der Waals surface area contributed by atoms with Gasteiger partial charge in [0.05, 0.1) is 18.7 Å². The molecular formula is C15H17ClN2O2S. The molecule has 1 aromatic carbocycles. The van der Waals surface area contributed by atoms with Gasteiger partial charge in [-0.15, -0.1) is 11.3 Å². The number of esters is 1. The van der Waals surface area contributed by atoms with Crippen LogP contribution in [0, 0.1) is 0 Å². The number of hydrogen-bond acceptors (Lipinski definition) is 5. The van der Waals surface area contributed by atoms with E-state index in [1.807, 2.05) is 18.2 Å². The fourth-order valence-corrected chi connectivity index (χ4v) is 2.67. The van der Waals surface area contributed by atoms with Crippen molar-refractivity contribution in [2.45, 2.75) is 26.3 Å². The molecule has 0 atom stereocenters. The molecular weight excluding hydrogens is 308 g/mol. The van der Waals surface area contributed by atoms with Gasteiger partial charge >= 0.3 is 5.97 Å². The fraction of sp³-hybridized carbons (Fsp3) is 0.333. The number of thiazole rings is 1. The van der Waals surface area contributed by atoms with Crippen LogP contribution in [0.2, 0.25) is 4.47 Å². The molecule has 1 heterocycles. The zero-order chi connectivity index (χ0) is 15.1. The van der Waals surface area contributed by atoms with Gasteiger partial charge in [-0.05, 0) is 18.6 Å². The largest absolute Gasteiger partial charge is 0.462 e. The minimum Gasteiger partial charge on any atom is -0.462 e. The van der Waals surface area contributed by atoms with Crippen molar-refractivity contribution in [3.63, 3.8) is 0 Å². The van der Waals surface area contributed by atoms with Crippen molar-refractivity contribution in [1.29, 1.82) is 0 Å². The second kappa shape index (κ2) is 8.00. The first kappa shape index (κ1) is 15.8. The zero-order valence-electron chi connectivity index (χ0n) is 11.8.